The van der Waals surface area contributed by atoms with E-state index < -0.39 is 17.7 Å². The molecule has 0 aliphatic rings. The molecule has 100 valence electrons. The van der Waals surface area contributed by atoms with Crippen molar-refractivity contribution in [3.8, 4) is 0 Å². The minimum atomic E-state index is -0.994. The smallest absolute Gasteiger partial charge is 0.159 e. The maximum Gasteiger partial charge on any atom is 0.159 e. The summed E-state index contributed by atoms with van der Waals surface area (Å²) in [7, 11) is 1.58. The zero-order valence-corrected chi connectivity index (χ0v) is 10.4. The van der Waals surface area contributed by atoms with Crippen molar-refractivity contribution < 1.29 is 18.6 Å². The first-order valence-corrected chi connectivity index (χ1v) is 5.82. The van der Waals surface area contributed by atoms with E-state index in [2.05, 4.69) is 0 Å². The van der Waals surface area contributed by atoms with Crippen LogP contribution in [0.2, 0.25) is 0 Å². The molecule has 0 amide bonds. The molecule has 4 heteroatoms. The highest BCUT2D eigenvalue weighted by molar-refractivity contribution is 5.32. The molecule has 0 aliphatic heterocycles. The standard InChI is InChI=1S/C15H14F2O2/c1-19-9-10-3-2-4-11(7-10)15(18)12-5-6-13(16)14(17)8-12/h2-8,15,18H,9H2,1H3. The first kappa shape index (κ1) is 13.6. The lowest BCUT2D eigenvalue weighted by Crippen LogP contribution is -2.02. The Morgan fingerprint density at radius 1 is 1.05 bits per heavy atom. The molecule has 0 fully saturated rings. The van der Waals surface area contributed by atoms with Gasteiger partial charge in [0.05, 0.1) is 6.61 Å². The Hall–Kier alpha value is -1.78. The first-order chi connectivity index (χ1) is 9.11. The Morgan fingerprint density at radius 3 is 2.47 bits per heavy atom. The Labute approximate surface area is 110 Å². The Morgan fingerprint density at radius 2 is 1.79 bits per heavy atom. The van der Waals surface area contributed by atoms with Crippen LogP contribution in [0.5, 0.6) is 0 Å². The highest BCUT2D eigenvalue weighted by atomic mass is 19.2. The van der Waals surface area contributed by atoms with Gasteiger partial charge in [0.2, 0.25) is 0 Å². The zero-order chi connectivity index (χ0) is 13.8. The van der Waals surface area contributed by atoms with Gasteiger partial charge in [-0.1, -0.05) is 30.3 Å². The van der Waals surface area contributed by atoms with Crippen LogP contribution in [0, 0.1) is 11.6 Å². The van der Waals surface area contributed by atoms with Crippen molar-refractivity contribution in [1.82, 2.24) is 0 Å². The van der Waals surface area contributed by atoms with E-state index in [1.807, 2.05) is 6.07 Å². The third-order valence-electron chi connectivity index (χ3n) is 2.84. The predicted octanol–water partition coefficient (Wildman–Crippen LogP) is 3.19. The molecule has 1 N–H and O–H groups in total. The van der Waals surface area contributed by atoms with E-state index in [1.165, 1.54) is 6.07 Å². The van der Waals surface area contributed by atoms with Gasteiger partial charge in [0.1, 0.15) is 6.10 Å². The summed E-state index contributed by atoms with van der Waals surface area (Å²) in [6.45, 7) is 0.429. The van der Waals surface area contributed by atoms with Gasteiger partial charge in [-0.05, 0) is 28.8 Å². The number of halogens is 2. The second-order valence-electron chi connectivity index (χ2n) is 4.25. The van der Waals surface area contributed by atoms with E-state index in [1.54, 1.807) is 25.3 Å². The number of rotatable bonds is 4. The van der Waals surface area contributed by atoms with E-state index in [0.29, 0.717) is 17.7 Å². The van der Waals surface area contributed by atoms with E-state index in [0.717, 1.165) is 17.7 Å². The largest absolute Gasteiger partial charge is 0.384 e. The van der Waals surface area contributed by atoms with Gasteiger partial charge in [0.15, 0.2) is 11.6 Å². The molecule has 19 heavy (non-hydrogen) atoms. The fourth-order valence-electron chi connectivity index (χ4n) is 1.89. The lowest BCUT2D eigenvalue weighted by molar-refractivity contribution is 0.184. The van der Waals surface area contributed by atoms with Crippen LogP contribution in [-0.4, -0.2) is 12.2 Å². The number of benzene rings is 2. The highest BCUT2D eigenvalue weighted by Crippen LogP contribution is 2.24. The van der Waals surface area contributed by atoms with Crippen molar-refractivity contribution in [1.29, 1.82) is 0 Å². The van der Waals surface area contributed by atoms with E-state index in [-0.39, 0.29) is 0 Å². The van der Waals surface area contributed by atoms with E-state index in [9.17, 15) is 13.9 Å². The summed E-state index contributed by atoms with van der Waals surface area (Å²) in [5, 5.41) is 10.2. The van der Waals surface area contributed by atoms with Crippen molar-refractivity contribution >= 4 is 0 Å². The van der Waals surface area contributed by atoms with Crippen LogP contribution >= 0.6 is 0 Å². The number of aliphatic hydroxyl groups is 1. The molecular formula is C15H14F2O2. The molecule has 1 atom stereocenters. The maximum absolute atomic E-state index is 13.1. The highest BCUT2D eigenvalue weighted by Gasteiger charge is 2.13. The first-order valence-electron chi connectivity index (χ1n) is 5.82. The minimum Gasteiger partial charge on any atom is -0.384 e. The fraction of sp³-hybridized carbons (Fsp3) is 0.200. The second-order valence-corrected chi connectivity index (χ2v) is 4.25. The maximum atomic E-state index is 13.1. The summed E-state index contributed by atoms with van der Waals surface area (Å²) in [6.07, 6.45) is -0.994. The van der Waals surface area contributed by atoms with Gasteiger partial charge < -0.3 is 9.84 Å². The third-order valence-corrected chi connectivity index (χ3v) is 2.84. The van der Waals surface area contributed by atoms with Crippen LogP contribution < -0.4 is 0 Å². The molecule has 2 aromatic rings. The summed E-state index contributed by atoms with van der Waals surface area (Å²) in [5.74, 6) is -1.89. The van der Waals surface area contributed by atoms with Crippen LogP contribution in [0.1, 0.15) is 22.8 Å². The van der Waals surface area contributed by atoms with Gasteiger partial charge in [-0.3, -0.25) is 0 Å². The molecule has 2 aromatic carbocycles. The van der Waals surface area contributed by atoms with Crippen molar-refractivity contribution in [3.05, 3.63) is 70.8 Å². The molecule has 0 saturated carbocycles. The van der Waals surface area contributed by atoms with Crippen LogP contribution in [0.15, 0.2) is 42.5 Å². The molecule has 0 radical (unpaired) electrons. The van der Waals surface area contributed by atoms with Crippen LogP contribution in [0.3, 0.4) is 0 Å². The Balaban J connectivity index is 2.29. The van der Waals surface area contributed by atoms with Crippen LogP contribution in [0.25, 0.3) is 0 Å². The molecule has 0 heterocycles. The monoisotopic (exact) mass is 264 g/mol. The fourth-order valence-corrected chi connectivity index (χ4v) is 1.89. The topological polar surface area (TPSA) is 29.5 Å². The van der Waals surface area contributed by atoms with E-state index >= 15 is 0 Å². The summed E-state index contributed by atoms with van der Waals surface area (Å²) >= 11 is 0. The molecule has 0 saturated heterocycles. The number of methoxy groups -OCH3 is 1. The predicted molar refractivity (Wildman–Crippen MR) is 67.6 cm³/mol. The second kappa shape index (κ2) is 5.91. The summed E-state index contributed by atoms with van der Waals surface area (Å²) in [4.78, 5) is 0. The zero-order valence-electron chi connectivity index (χ0n) is 10.4. The van der Waals surface area contributed by atoms with Crippen molar-refractivity contribution in [2.24, 2.45) is 0 Å². The average molecular weight is 264 g/mol. The van der Waals surface area contributed by atoms with Gasteiger partial charge in [-0.25, -0.2) is 8.78 Å². The number of ether oxygens (including phenoxy) is 1. The third kappa shape index (κ3) is 3.16. The molecule has 0 spiro atoms. The van der Waals surface area contributed by atoms with E-state index in [4.69, 9.17) is 4.74 Å². The lowest BCUT2D eigenvalue weighted by atomic mass is 10.00. The van der Waals surface area contributed by atoms with Crippen LogP contribution in [-0.2, 0) is 11.3 Å². The summed E-state index contributed by atoms with van der Waals surface area (Å²) < 4.78 is 31.0. The molecular weight excluding hydrogens is 250 g/mol. The van der Waals surface area contributed by atoms with Gasteiger partial charge in [0.25, 0.3) is 0 Å². The Kier molecular flexibility index (Phi) is 4.24. The quantitative estimate of drug-likeness (QED) is 0.919. The van der Waals surface area contributed by atoms with Gasteiger partial charge in [-0.15, -0.1) is 0 Å². The lowest BCUT2D eigenvalue weighted by Gasteiger charge is -2.13. The number of aliphatic hydroxyl groups excluding tert-OH is 1. The van der Waals surface area contributed by atoms with Crippen molar-refractivity contribution in [2.45, 2.75) is 12.7 Å². The van der Waals surface area contributed by atoms with Crippen LogP contribution in [0.4, 0.5) is 8.78 Å². The molecule has 0 bridgehead atoms. The normalized spacial score (nSPS) is 12.4. The molecule has 0 aliphatic carbocycles. The van der Waals surface area contributed by atoms with Crippen molar-refractivity contribution in [2.75, 3.05) is 7.11 Å². The number of hydrogen-bond acceptors (Lipinski definition) is 2. The summed E-state index contributed by atoms with van der Waals surface area (Å²) in [5.41, 5.74) is 1.83. The Bertz CT molecular complexity index is 570. The van der Waals surface area contributed by atoms with Gasteiger partial charge in [0, 0.05) is 7.11 Å². The average Bonchev–Trinajstić information content (AvgIpc) is 2.42. The number of hydrogen-bond donors (Lipinski definition) is 1. The van der Waals surface area contributed by atoms with Gasteiger partial charge >= 0.3 is 0 Å². The molecule has 2 nitrogen and oxygen atoms in total. The van der Waals surface area contributed by atoms with Gasteiger partial charge in [-0.2, -0.15) is 0 Å². The molecule has 0 aromatic heterocycles. The summed E-state index contributed by atoms with van der Waals surface area (Å²) in [6, 6.07) is 10.5. The molecule has 2 rings (SSSR count). The minimum absolute atomic E-state index is 0.313. The SMILES string of the molecule is COCc1cccc(C(O)c2ccc(F)c(F)c2)c1. The molecule has 1 unspecified atom stereocenters. The van der Waals surface area contributed by atoms with Crippen molar-refractivity contribution in [3.63, 3.8) is 0 Å².